The van der Waals surface area contributed by atoms with Crippen molar-refractivity contribution in [2.45, 2.75) is 118 Å². The van der Waals surface area contributed by atoms with Gasteiger partial charge in [-0.3, -0.25) is 4.79 Å². The van der Waals surface area contributed by atoms with Crippen LogP contribution < -0.4 is 0 Å². The van der Waals surface area contributed by atoms with E-state index in [0.717, 1.165) is 32.1 Å². The Balaban J connectivity index is 1.21. The first-order valence-electron chi connectivity index (χ1n) is 19.2. The fourth-order valence-corrected chi connectivity index (χ4v) is 13.9. The zero-order valence-electron chi connectivity index (χ0n) is 30.9. The molecule has 1 N–H and O–H groups in total. The van der Waals surface area contributed by atoms with Crippen molar-refractivity contribution in [2.24, 2.45) is 56.7 Å². The van der Waals surface area contributed by atoms with Crippen molar-refractivity contribution in [2.75, 3.05) is 20.2 Å². The molecule has 0 bridgehead atoms. The molecular formula is C43H61NO4. The molecule has 9 atom stereocenters. The Labute approximate surface area is 290 Å². The van der Waals surface area contributed by atoms with Crippen molar-refractivity contribution in [3.8, 4) is 0 Å². The minimum atomic E-state index is -0.287. The molecule has 1 aliphatic heterocycles. The zero-order chi connectivity index (χ0) is 34.4. The maximum atomic E-state index is 14.7. The normalized spacial score (nSPS) is 42.0. The number of ether oxygens (including phenoxy) is 1. The number of hydrogen-bond acceptors (Lipinski definition) is 4. The number of amides is 1. The number of esters is 1. The number of rotatable bonds is 4. The first-order valence-corrected chi connectivity index (χ1v) is 19.2. The average Bonchev–Trinajstić information content (AvgIpc) is 3.46. The lowest BCUT2D eigenvalue weighted by molar-refractivity contribution is -0.226. The summed E-state index contributed by atoms with van der Waals surface area (Å²) in [5.41, 5.74) is 4.89. The molecule has 7 rings (SSSR count). The molecular weight excluding hydrogens is 594 g/mol. The predicted molar refractivity (Wildman–Crippen MR) is 192 cm³/mol. The number of hydrogen-bond donors (Lipinski definition) is 1. The third-order valence-corrected chi connectivity index (χ3v) is 16.4. The van der Waals surface area contributed by atoms with Crippen LogP contribution in [0.5, 0.6) is 0 Å². The molecule has 0 radical (unpaired) electrons. The van der Waals surface area contributed by atoms with Crippen molar-refractivity contribution >= 4 is 17.4 Å². The summed E-state index contributed by atoms with van der Waals surface area (Å²) in [7, 11) is 1.44. The lowest BCUT2D eigenvalue weighted by Gasteiger charge is -2.72. The van der Waals surface area contributed by atoms with E-state index < -0.39 is 0 Å². The zero-order valence-corrected chi connectivity index (χ0v) is 30.9. The molecule has 0 unspecified atom stereocenters. The van der Waals surface area contributed by atoms with Crippen LogP contribution in [-0.4, -0.2) is 48.2 Å². The Kier molecular flexibility index (Phi) is 8.21. The molecule has 6 aliphatic rings. The van der Waals surface area contributed by atoms with Crippen LogP contribution in [0.1, 0.15) is 128 Å². The number of piperidine rings is 1. The second-order valence-electron chi connectivity index (χ2n) is 18.5. The van der Waals surface area contributed by atoms with Gasteiger partial charge in [-0.1, -0.05) is 65.0 Å². The highest BCUT2D eigenvalue weighted by molar-refractivity contribution is 5.90. The van der Waals surface area contributed by atoms with Gasteiger partial charge in [0.15, 0.2) is 0 Å². The molecule has 5 nitrogen and oxygen atoms in total. The minimum absolute atomic E-state index is 0.0194. The number of benzene rings is 1. The maximum Gasteiger partial charge on any atom is 0.337 e. The van der Waals surface area contributed by atoms with Gasteiger partial charge in [0.1, 0.15) is 0 Å². The van der Waals surface area contributed by atoms with Crippen molar-refractivity contribution in [1.82, 2.24) is 4.90 Å². The fraction of sp³-hybridized carbons (Fsp3) is 0.721. The third-order valence-electron chi connectivity index (χ3n) is 16.4. The quantitative estimate of drug-likeness (QED) is 0.260. The van der Waals surface area contributed by atoms with Crippen LogP contribution in [0.4, 0.5) is 0 Å². The number of fused-ring (bicyclic) bond motifs is 7. The van der Waals surface area contributed by atoms with Gasteiger partial charge in [-0.25, -0.2) is 4.79 Å². The van der Waals surface area contributed by atoms with Gasteiger partial charge < -0.3 is 14.7 Å². The van der Waals surface area contributed by atoms with Crippen LogP contribution in [0.15, 0.2) is 42.5 Å². The number of carbonyl (C=O) groups excluding carboxylic acids is 2. The molecule has 262 valence electrons. The highest BCUT2D eigenvalue weighted by Crippen LogP contribution is 2.78. The van der Waals surface area contributed by atoms with E-state index in [1.807, 2.05) is 12.1 Å². The van der Waals surface area contributed by atoms with Crippen LogP contribution in [0.3, 0.4) is 0 Å². The number of allylic oxidation sites excluding steroid dienone is 3. The maximum absolute atomic E-state index is 14.7. The molecule has 5 heteroatoms. The lowest BCUT2D eigenvalue weighted by Crippen LogP contribution is -2.66. The van der Waals surface area contributed by atoms with E-state index >= 15 is 0 Å². The van der Waals surface area contributed by atoms with E-state index in [1.165, 1.54) is 49.5 Å². The average molecular weight is 656 g/mol. The van der Waals surface area contributed by atoms with Crippen LogP contribution in [0, 0.1) is 56.7 Å². The topological polar surface area (TPSA) is 66.8 Å². The smallest absolute Gasteiger partial charge is 0.337 e. The Morgan fingerprint density at radius 1 is 0.854 bits per heavy atom. The summed E-state index contributed by atoms with van der Waals surface area (Å²) >= 11 is 0. The molecule has 48 heavy (non-hydrogen) atoms. The Morgan fingerprint density at radius 2 is 1.54 bits per heavy atom. The largest absolute Gasteiger partial charge is 0.465 e. The van der Waals surface area contributed by atoms with Crippen LogP contribution in [-0.2, 0) is 9.53 Å². The van der Waals surface area contributed by atoms with Gasteiger partial charge in [-0.05, 0) is 152 Å². The van der Waals surface area contributed by atoms with E-state index in [-0.39, 0.29) is 39.1 Å². The van der Waals surface area contributed by atoms with Gasteiger partial charge >= 0.3 is 5.97 Å². The molecule has 0 aromatic heterocycles. The van der Waals surface area contributed by atoms with Gasteiger partial charge in [0.05, 0.1) is 24.2 Å². The van der Waals surface area contributed by atoms with Gasteiger partial charge in [-0.2, -0.15) is 0 Å². The minimum Gasteiger partial charge on any atom is -0.465 e. The van der Waals surface area contributed by atoms with Gasteiger partial charge in [0.2, 0.25) is 5.91 Å². The second kappa shape index (κ2) is 11.6. The summed E-state index contributed by atoms with van der Waals surface area (Å²) in [6, 6.07) is 8.05. The van der Waals surface area contributed by atoms with Gasteiger partial charge in [0.25, 0.3) is 0 Å². The molecule has 0 spiro atoms. The van der Waals surface area contributed by atoms with E-state index in [2.05, 4.69) is 71.2 Å². The molecule has 5 fully saturated rings. The van der Waals surface area contributed by atoms with Crippen LogP contribution in [0.25, 0.3) is 5.57 Å². The molecule has 1 aromatic carbocycles. The van der Waals surface area contributed by atoms with E-state index in [9.17, 15) is 14.7 Å². The van der Waals surface area contributed by atoms with E-state index in [1.54, 1.807) is 0 Å². The molecule has 5 aliphatic carbocycles. The first-order chi connectivity index (χ1) is 22.6. The lowest BCUT2D eigenvalue weighted by atomic mass is 9.32. The fourth-order valence-electron chi connectivity index (χ4n) is 13.9. The number of methoxy groups -OCH3 is 1. The van der Waals surface area contributed by atoms with Crippen molar-refractivity contribution in [3.63, 3.8) is 0 Å². The SMILES string of the molecule is C=C(C)[C@@H]1CC[C@]2(C(=O)N3CCC(O)CC3)CC[C@]3(C)[C@H](CC[C@@H]4[C@@]5(C)CC=C(c6ccc(C(=O)OC)cc6)C(C)(C)[C@@H]5CC[C@]43C)[C@@H]12. The molecule has 4 saturated carbocycles. The van der Waals surface area contributed by atoms with Crippen molar-refractivity contribution < 1.29 is 19.4 Å². The standard InChI is InChI=1S/C43H61NO4/c1-27(2)31-15-22-43(38(47)44-25-18-30(45)19-26-44)24-23-41(6)33(36(31)43)13-14-35-40(5)20-16-32(28-9-11-29(12-10-28)37(46)48-8)39(3,4)34(40)17-21-42(35,41)7/h9-12,16,30-31,33-36,45H,1,13-15,17-26H2,2-8H3/t31-,33+,34-,35+,36+,40-,41+,42+,43-/m0/s1. The Hall–Kier alpha value is -2.40. The van der Waals surface area contributed by atoms with Crippen LogP contribution in [0.2, 0.25) is 0 Å². The summed E-state index contributed by atoms with van der Waals surface area (Å²) < 4.78 is 4.96. The van der Waals surface area contributed by atoms with E-state index in [4.69, 9.17) is 4.74 Å². The highest BCUT2D eigenvalue weighted by atomic mass is 16.5. The predicted octanol–water partition coefficient (Wildman–Crippen LogP) is 9.11. The van der Waals surface area contributed by atoms with Crippen molar-refractivity contribution in [1.29, 1.82) is 0 Å². The molecule has 1 aromatic rings. The first kappa shape index (κ1) is 34.1. The molecule has 1 heterocycles. The Bertz CT molecular complexity index is 1500. The monoisotopic (exact) mass is 655 g/mol. The second-order valence-corrected chi connectivity index (χ2v) is 18.5. The van der Waals surface area contributed by atoms with Gasteiger partial charge in [0, 0.05) is 13.1 Å². The number of nitrogens with zero attached hydrogens (tertiary/aromatic N) is 1. The summed E-state index contributed by atoms with van der Waals surface area (Å²) in [6.07, 6.45) is 14.0. The highest BCUT2D eigenvalue weighted by Gasteiger charge is 2.71. The van der Waals surface area contributed by atoms with Crippen molar-refractivity contribution in [3.05, 3.63) is 53.6 Å². The number of carbonyl (C=O) groups is 2. The number of aliphatic hydroxyl groups is 1. The molecule has 1 saturated heterocycles. The summed E-state index contributed by atoms with van der Waals surface area (Å²) in [6.45, 7) is 21.1. The number of likely N-dealkylation sites (tertiary alicyclic amines) is 1. The molecule has 1 amide bonds. The van der Waals surface area contributed by atoms with E-state index in [0.29, 0.717) is 67.0 Å². The summed E-state index contributed by atoms with van der Waals surface area (Å²) in [5, 5.41) is 10.2. The van der Waals surface area contributed by atoms with Crippen LogP contribution >= 0.6 is 0 Å². The third kappa shape index (κ3) is 4.64. The number of aliphatic hydroxyl groups excluding tert-OH is 1. The summed E-state index contributed by atoms with van der Waals surface area (Å²) in [5.74, 6) is 2.66. The Morgan fingerprint density at radius 3 is 2.19 bits per heavy atom. The van der Waals surface area contributed by atoms with Gasteiger partial charge in [-0.15, -0.1) is 0 Å². The summed E-state index contributed by atoms with van der Waals surface area (Å²) in [4.78, 5) is 28.9.